The molecule has 0 spiro atoms. The fraction of sp³-hybridized carbons (Fsp3) is 0.400. The van der Waals surface area contributed by atoms with E-state index in [2.05, 4.69) is 11.1 Å². The van der Waals surface area contributed by atoms with E-state index in [1.165, 1.54) is 5.56 Å². The second-order valence-electron chi connectivity index (χ2n) is 4.24. The van der Waals surface area contributed by atoms with Crippen LogP contribution < -0.4 is 0 Å². The average Bonchev–Trinajstić information content (AvgIpc) is 2.34. The highest BCUT2D eigenvalue weighted by Crippen LogP contribution is 2.06. The molecule has 0 amide bonds. The first-order chi connectivity index (χ1) is 8.63. The lowest BCUT2D eigenvalue weighted by Crippen LogP contribution is -2.15. The van der Waals surface area contributed by atoms with Gasteiger partial charge in [0.25, 0.3) is 0 Å². The van der Waals surface area contributed by atoms with Crippen LogP contribution in [0.4, 0.5) is 0 Å². The third-order valence-electron chi connectivity index (χ3n) is 2.26. The highest BCUT2D eigenvalue weighted by Gasteiger charge is 2.06. The van der Waals surface area contributed by atoms with E-state index in [4.69, 9.17) is 16.0 Å². The van der Waals surface area contributed by atoms with Gasteiger partial charge in [0.05, 0.1) is 12.7 Å². The minimum Gasteiger partial charge on any atom is -0.382 e. The van der Waals surface area contributed by atoms with Crippen LogP contribution in [0.2, 0.25) is 0 Å². The monoisotopic (exact) mass is 245 g/mol. The smallest absolute Gasteiger partial charge is 0.177 e. The quantitative estimate of drug-likeness (QED) is 0.334. The van der Waals surface area contributed by atoms with Crippen LogP contribution in [0.3, 0.4) is 0 Å². The van der Waals surface area contributed by atoms with E-state index in [0.717, 1.165) is 11.3 Å². The topological polar surface area (TPSA) is 30.8 Å². The average molecular weight is 245 g/mol. The van der Waals surface area contributed by atoms with E-state index in [1.807, 2.05) is 45.0 Å². The SMILES string of the molecule is C#CCON=C(COC(C)C)c1ccc(C)cc1. The summed E-state index contributed by atoms with van der Waals surface area (Å²) in [5, 5.41) is 4.03. The lowest BCUT2D eigenvalue weighted by Gasteiger charge is -2.10. The van der Waals surface area contributed by atoms with Crippen molar-refractivity contribution >= 4 is 5.71 Å². The molecule has 0 fully saturated rings. The molecule has 0 aromatic heterocycles. The van der Waals surface area contributed by atoms with E-state index in [-0.39, 0.29) is 12.7 Å². The molecule has 1 rings (SSSR count). The van der Waals surface area contributed by atoms with Crippen LogP contribution in [0, 0.1) is 19.3 Å². The highest BCUT2D eigenvalue weighted by molar-refractivity contribution is 6.01. The molecular formula is C15H19NO2. The Labute approximate surface area is 109 Å². The molecule has 0 unspecified atom stereocenters. The van der Waals surface area contributed by atoms with Crippen molar-refractivity contribution in [2.24, 2.45) is 5.16 Å². The normalized spacial score (nSPS) is 11.4. The number of hydrogen-bond donors (Lipinski definition) is 0. The number of nitrogens with zero attached hydrogens (tertiary/aromatic N) is 1. The lowest BCUT2D eigenvalue weighted by atomic mass is 10.1. The Morgan fingerprint density at radius 3 is 2.56 bits per heavy atom. The summed E-state index contributed by atoms with van der Waals surface area (Å²) in [4.78, 5) is 5.03. The number of rotatable bonds is 6. The molecule has 0 N–H and O–H groups in total. The zero-order chi connectivity index (χ0) is 13.4. The summed E-state index contributed by atoms with van der Waals surface area (Å²) in [6.45, 7) is 6.58. The first-order valence-electron chi connectivity index (χ1n) is 5.94. The standard InChI is InChI=1S/C15H19NO2/c1-5-10-18-16-15(11-17-12(2)3)14-8-6-13(4)7-9-14/h1,6-9,12H,10-11H2,2-4H3. The summed E-state index contributed by atoms with van der Waals surface area (Å²) >= 11 is 0. The minimum absolute atomic E-state index is 0.147. The van der Waals surface area contributed by atoms with Crippen molar-refractivity contribution in [3.8, 4) is 12.3 Å². The number of oxime groups is 1. The summed E-state index contributed by atoms with van der Waals surface area (Å²) < 4.78 is 5.56. The Morgan fingerprint density at radius 1 is 1.33 bits per heavy atom. The van der Waals surface area contributed by atoms with Gasteiger partial charge in [-0.1, -0.05) is 40.9 Å². The highest BCUT2D eigenvalue weighted by atomic mass is 16.6. The van der Waals surface area contributed by atoms with Gasteiger partial charge in [0.15, 0.2) is 6.61 Å². The van der Waals surface area contributed by atoms with Gasteiger partial charge in [-0.25, -0.2) is 0 Å². The molecule has 96 valence electrons. The largest absolute Gasteiger partial charge is 0.382 e. The molecule has 1 aromatic carbocycles. The molecule has 0 bridgehead atoms. The minimum atomic E-state index is 0.147. The molecule has 0 atom stereocenters. The summed E-state index contributed by atoms with van der Waals surface area (Å²) in [6.07, 6.45) is 5.27. The zero-order valence-corrected chi connectivity index (χ0v) is 11.1. The molecule has 0 aliphatic rings. The van der Waals surface area contributed by atoms with Crippen molar-refractivity contribution in [1.29, 1.82) is 0 Å². The fourth-order valence-corrected chi connectivity index (χ4v) is 1.30. The number of benzene rings is 1. The predicted octanol–water partition coefficient (Wildman–Crippen LogP) is 2.77. The Morgan fingerprint density at radius 2 is 2.00 bits per heavy atom. The van der Waals surface area contributed by atoms with E-state index in [1.54, 1.807) is 0 Å². The molecule has 0 aliphatic carbocycles. The summed E-state index contributed by atoms with van der Waals surface area (Å²) in [5.41, 5.74) is 2.93. The molecule has 1 aromatic rings. The van der Waals surface area contributed by atoms with Crippen LogP contribution in [0.5, 0.6) is 0 Å². The van der Waals surface area contributed by atoms with Crippen LogP contribution in [0.1, 0.15) is 25.0 Å². The second-order valence-corrected chi connectivity index (χ2v) is 4.24. The Kier molecular flexibility index (Phi) is 5.96. The second kappa shape index (κ2) is 7.52. The van der Waals surface area contributed by atoms with Crippen LogP contribution in [-0.4, -0.2) is 25.0 Å². The van der Waals surface area contributed by atoms with Crippen LogP contribution in [-0.2, 0) is 9.57 Å². The van der Waals surface area contributed by atoms with Gasteiger partial charge in [0, 0.05) is 5.56 Å². The first kappa shape index (κ1) is 14.3. The van der Waals surface area contributed by atoms with Gasteiger partial charge in [-0.05, 0) is 20.8 Å². The molecular weight excluding hydrogens is 226 g/mol. The number of hydrogen-bond acceptors (Lipinski definition) is 3. The summed E-state index contributed by atoms with van der Waals surface area (Å²) in [6, 6.07) is 8.05. The van der Waals surface area contributed by atoms with Crippen LogP contribution in [0.25, 0.3) is 0 Å². The molecule has 0 radical (unpaired) electrons. The third kappa shape index (κ3) is 5.03. The maximum atomic E-state index is 5.56. The number of terminal acetylenes is 1. The third-order valence-corrected chi connectivity index (χ3v) is 2.26. The number of aryl methyl sites for hydroxylation is 1. The van der Waals surface area contributed by atoms with E-state index in [9.17, 15) is 0 Å². The lowest BCUT2D eigenvalue weighted by molar-refractivity contribution is 0.106. The molecule has 0 saturated carbocycles. The van der Waals surface area contributed by atoms with E-state index >= 15 is 0 Å². The van der Waals surface area contributed by atoms with Crippen molar-refractivity contribution in [2.75, 3.05) is 13.2 Å². The van der Waals surface area contributed by atoms with Crippen molar-refractivity contribution in [2.45, 2.75) is 26.9 Å². The Hall–Kier alpha value is -1.79. The van der Waals surface area contributed by atoms with Crippen molar-refractivity contribution in [3.63, 3.8) is 0 Å². The molecule has 0 heterocycles. The summed E-state index contributed by atoms with van der Waals surface area (Å²) in [7, 11) is 0. The van der Waals surface area contributed by atoms with Gasteiger partial charge in [0.2, 0.25) is 0 Å². The van der Waals surface area contributed by atoms with E-state index in [0.29, 0.717) is 6.61 Å². The maximum absolute atomic E-state index is 5.56. The summed E-state index contributed by atoms with van der Waals surface area (Å²) in [5.74, 6) is 2.38. The van der Waals surface area contributed by atoms with Gasteiger partial charge in [-0.3, -0.25) is 0 Å². The Bertz CT molecular complexity index is 427. The van der Waals surface area contributed by atoms with Gasteiger partial charge >= 0.3 is 0 Å². The first-order valence-corrected chi connectivity index (χ1v) is 5.94. The molecule has 0 saturated heterocycles. The van der Waals surface area contributed by atoms with Crippen molar-refractivity contribution in [3.05, 3.63) is 35.4 Å². The van der Waals surface area contributed by atoms with Crippen molar-refractivity contribution in [1.82, 2.24) is 0 Å². The van der Waals surface area contributed by atoms with Crippen molar-refractivity contribution < 1.29 is 9.57 Å². The van der Waals surface area contributed by atoms with Crippen LogP contribution >= 0.6 is 0 Å². The van der Waals surface area contributed by atoms with Gasteiger partial charge in [-0.2, -0.15) is 0 Å². The van der Waals surface area contributed by atoms with E-state index < -0.39 is 0 Å². The predicted molar refractivity (Wildman–Crippen MR) is 73.6 cm³/mol. The zero-order valence-electron chi connectivity index (χ0n) is 11.1. The fourth-order valence-electron chi connectivity index (χ4n) is 1.30. The Balaban J connectivity index is 2.79. The van der Waals surface area contributed by atoms with Gasteiger partial charge < -0.3 is 9.57 Å². The van der Waals surface area contributed by atoms with Gasteiger partial charge in [-0.15, -0.1) is 6.42 Å². The maximum Gasteiger partial charge on any atom is 0.177 e. The number of ether oxygens (including phenoxy) is 1. The molecule has 18 heavy (non-hydrogen) atoms. The van der Waals surface area contributed by atoms with Crippen LogP contribution in [0.15, 0.2) is 29.4 Å². The molecule has 0 aliphatic heterocycles. The molecule has 3 nitrogen and oxygen atoms in total. The molecule has 3 heteroatoms. The van der Waals surface area contributed by atoms with Gasteiger partial charge in [0.1, 0.15) is 5.71 Å².